The fraction of sp³-hybridized carbons (Fsp3) is 0.360. The number of methoxy groups -OCH3 is 1. The predicted molar refractivity (Wildman–Crippen MR) is 130 cm³/mol. The van der Waals surface area contributed by atoms with Crippen LogP contribution in [-0.2, 0) is 19.1 Å². The molecule has 5 atom stereocenters. The molecule has 0 radical (unpaired) electrons. The summed E-state index contributed by atoms with van der Waals surface area (Å²) in [4.78, 5) is 41.9. The van der Waals surface area contributed by atoms with E-state index in [2.05, 4.69) is 4.84 Å². The van der Waals surface area contributed by atoms with Crippen molar-refractivity contribution in [1.82, 2.24) is 4.57 Å². The van der Waals surface area contributed by atoms with Gasteiger partial charge in [0.1, 0.15) is 11.9 Å². The number of halogens is 1. The van der Waals surface area contributed by atoms with Gasteiger partial charge in [0.25, 0.3) is 11.0 Å². The molecule has 37 heavy (non-hydrogen) atoms. The maximum absolute atomic E-state index is 13.6. The van der Waals surface area contributed by atoms with Gasteiger partial charge in [0.05, 0.1) is 37.9 Å². The minimum Gasteiger partial charge on any atom is -0.497 e. The molecule has 11 nitrogen and oxygen atoms in total. The molecular weight excluding hydrogens is 508 g/mol. The second-order valence-corrected chi connectivity index (χ2v) is 9.41. The summed E-state index contributed by atoms with van der Waals surface area (Å²) in [6.07, 6.45) is -2.47. The van der Waals surface area contributed by atoms with Crippen LogP contribution in [0.15, 0.2) is 42.5 Å². The number of rotatable bonds is 7. The van der Waals surface area contributed by atoms with E-state index in [1.165, 1.54) is 11.7 Å². The zero-order chi connectivity index (χ0) is 26.4. The quantitative estimate of drug-likeness (QED) is 0.359. The SMILES string of the molecule is COc1ccc2c(c1)c(C(C(=O)O)[C@H]1CO[C@H]3[C@H]1OC[C@H]3O[N+](=O)[O-])c(C)n2C(=O)c1ccc(Cl)cc1. The molecular formula is C25H23ClN2O9. The molecule has 1 unspecified atom stereocenters. The molecule has 5 rings (SSSR count). The standard InChI is InChI=1S/C25H23ClN2O9/c1-12-20(21(25(30)31)17-10-35-23-19(37-28(32)33)11-36-22(17)23)16-9-15(34-2)7-8-18(16)27(12)24(29)13-3-5-14(26)6-4-13/h3-9,17,19,21-23H,10-11H2,1-2H3,(H,30,31)/t17-,19-,21?,22+,23-/m1/s1. The highest BCUT2D eigenvalue weighted by Gasteiger charge is 2.54. The molecule has 1 N–H and O–H groups in total. The number of benzene rings is 2. The number of hydrogen-bond acceptors (Lipinski definition) is 8. The molecule has 0 aliphatic carbocycles. The number of aliphatic carboxylic acids is 1. The van der Waals surface area contributed by atoms with Crippen LogP contribution in [0, 0.1) is 23.0 Å². The van der Waals surface area contributed by atoms with Crippen molar-refractivity contribution in [3.63, 3.8) is 0 Å². The van der Waals surface area contributed by atoms with E-state index in [1.807, 2.05) is 0 Å². The maximum Gasteiger partial charge on any atom is 0.311 e. The monoisotopic (exact) mass is 530 g/mol. The number of nitrogens with zero attached hydrogens (tertiary/aromatic N) is 2. The molecule has 2 saturated heterocycles. The average molecular weight is 531 g/mol. The summed E-state index contributed by atoms with van der Waals surface area (Å²) in [6, 6.07) is 11.5. The normalized spacial score (nSPS) is 23.5. The highest BCUT2D eigenvalue weighted by molar-refractivity contribution is 6.30. The maximum atomic E-state index is 13.6. The number of fused-ring (bicyclic) bond motifs is 2. The Labute approximate surface area is 215 Å². The van der Waals surface area contributed by atoms with Crippen LogP contribution in [-0.4, -0.2) is 65.3 Å². The van der Waals surface area contributed by atoms with Gasteiger partial charge in [-0.15, -0.1) is 10.1 Å². The molecule has 3 aromatic rings. The number of aromatic nitrogens is 1. The summed E-state index contributed by atoms with van der Waals surface area (Å²) in [7, 11) is 1.50. The minimum absolute atomic E-state index is 0.00884. The summed E-state index contributed by atoms with van der Waals surface area (Å²) >= 11 is 5.99. The second kappa shape index (κ2) is 9.66. The third kappa shape index (κ3) is 4.28. The molecule has 2 fully saturated rings. The van der Waals surface area contributed by atoms with Gasteiger partial charge in [-0.2, -0.15) is 0 Å². The Morgan fingerprint density at radius 1 is 1.16 bits per heavy atom. The first-order valence-corrected chi connectivity index (χ1v) is 11.9. The van der Waals surface area contributed by atoms with E-state index in [9.17, 15) is 24.8 Å². The van der Waals surface area contributed by atoms with Gasteiger partial charge in [-0.1, -0.05) is 11.6 Å². The third-order valence-electron chi connectivity index (χ3n) is 7.03. The summed E-state index contributed by atoms with van der Waals surface area (Å²) in [5, 5.41) is 21.4. The third-order valence-corrected chi connectivity index (χ3v) is 7.28. The van der Waals surface area contributed by atoms with Gasteiger partial charge in [-0.3, -0.25) is 14.2 Å². The van der Waals surface area contributed by atoms with Crippen molar-refractivity contribution in [3.8, 4) is 5.75 Å². The van der Waals surface area contributed by atoms with Gasteiger partial charge in [0.2, 0.25) is 0 Å². The van der Waals surface area contributed by atoms with Crippen molar-refractivity contribution < 1.29 is 38.8 Å². The van der Waals surface area contributed by atoms with E-state index in [0.717, 1.165) is 0 Å². The Balaban J connectivity index is 1.63. The highest BCUT2D eigenvalue weighted by Crippen LogP contribution is 2.44. The van der Waals surface area contributed by atoms with Crippen molar-refractivity contribution >= 4 is 34.4 Å². The molecule has 12 heteroatoms. The smallest absolute Gasteiger partial charge is 0.311 e. The number of carboxylic acids is 1. The van der Waals surface area contributed by atoms with Crippen molar-refractivity contribution in [2.45, 2.75) is 31.2 Å². The summed E-state index contributed by atoms with van der Waals surface area (Å²) in [5.41, 5.74) is 1.74. The summed E-state index contributed by atoms with van der Waals surface area (Å²) in [6.45, 7) is 1.58. The van der Waals surface area contributed by atoms with Crippen molar-refractivity contribution in [2.75, 3.05) is 20.3 Å². The fourth-order valence-corrected chi connectivity index (χ4v) is 5.55. The molecule has 2 aliphatic rings. The highest BCUT2D eigenvalue weighted by atomic mass is 35.5. The summed E-state index contributed by atoms with van der Waals surface area (Å²) in [5.74, 6) is -2.82. The van der Waals surface area contributed by atoms with Crippen LogP contribution in [0.2, 0.25) is 5.02 Å². The number of carboxylic acid groups (broad SMARTS) is 1. The first-order chi connectivity index (χ1) is 17.7. The van der Waals surface area contributed by atoms with Crippen LogP contribution in [0.25, 0.3) is 10.9 Å². The molecule has 0 saturated carbocycles. The Morgan fingerprint density at radius 3 is 2.51 bits per heavy atom. The Morgan fingerprint density at radius 2 is 1.86 bits per heavy atom. The molecule has 3 heterocycles. The molecule has 0 amide bonds. The van der Waals surface area contributed by atoms with Gasteiger partial charge in [-0.05, 0) is 55.0 Å². The van der Waals surface area contributed by atoms with Gasteiger partial charge < -0.3 is 24.2 Å². The first kappa shape index (κ1) is 25.0. The molecule has 194 valence electrons. The molecule has 0 bridgehead atoms. The van der Waals surface area contributed by atoms with Crippen LogP contribution in [0.3, 0.4) is 0 Å². The number of carbonyl (C=O) groups excluding carboxylic acids is 1. The number of ether oxygens (including phenoxy) is 3. The van der Waals surface area contributed by atoms with Crippen LogP contribution in [0.1, 0.15) is 27.5 Å². The van der Waals surface area contributed by atoms with Gasteiger partial charge in [0, 0.05) is 27.6 Å². The lowest BCUT2D eigenvalue weighted by Gasteiger charge is -2.24. The summed E-state index contributed by atoms with van der Waals surface area (Å²) < 4.78 is 18.4. The first-order valence-electron chi connectivity index (χ1n) is 11.5. The second-order valence-electron chi connectivity index (χ2n) is 8.97. The van der Waals surface area contributed by atoms with E-state index in [0.29, 0.717) is 38.5 Å². The van der Waals surface area contributed by atoms with E-state index in [1.54, 1.807) is 49.4 Å². The van der Waals surface area contributed by atoms with Crippen molar-refractivity contribution in [1.29, 1.82) is 0 Å². The lowest BCUT2D eigenvalue weighted by Crippen LogP contribution is -2.35. The Hall–Kier alpha value is -3.67. The lowest BCUT2D eigenvalue weighted by molar-refractivity contribution is -0.769. The Bertz CT molecular complexity index is 1390. The largest absolute Gasteiger partial charge is 0.497 e. The van der Waals surface area contributed by atoms with E-state index in [-0.39, 0.29) is 19.1 Å². The number of hydrogen-bond donors (Lipinski definition) is 1. The molecule has 1 aromatic heterocycles. The average Bonchev–Trinajstić information content (AvgIpc) is 3.53. The van der Waals surface area contributed by atoms with Gasteiger partial charge in [0.15, 0.2) is 6.10 Å². The van der Waals surface area contributed by atoms with Gasteiger partial charge in [-0.25, -0.2) is 0 Å². The van der Waals surface area contributed by atoms with Crippen LogP contribution >= 0.6 is 11.6 Å². The Kier molecular flexibility index (Phi) is 6.52. The number of carbonyl (C=O) groups is 2. The van der Waals surface area contributed by atoms with Gasteiger partial charge >= 0.3 is 5.97 Å². The molecule has 0 spiro atoms. The van der Waals surface area contributed by atoms with E-state index >= 15 is 0 Å². The van der Waals surface area contributed by atoms with Crippen LogP contribution in [0.5, 0.6) is 5.75 Å². The lowest BCUT2D eigenvalue weighted by atomic mass is 9.81. The van der Waals surface area contributed by atoms with E-state index < -0.39 is 41.2 Å². The topological polar surface area (TPSA) is 139 Å². The fourth-order valence-electron chi connectivity index (χ4n) is 5.43. The van der Waals surface area contributed by atoms with Crippen LogP contribution in [0.4, 0.5) is 0 Å². The van der Waals surface area contributed by atoms with Crippen LogP contribution < -0.4 is 4.74 Å². The van der Waals surface area contributed by atoms with E-state index in [4.69, 9.17) is 25.8 Å². The minimum atomic E-state index is -1.14. The predicted octanol–water partition coefficient (Wildman–Crippen LogP) is 3.46. The zero-order valence-electron chi connectivity index (χ0n) is 19.8. The zero-order valence-corrected chi connectivity index (χ0v) is 20.6. The van der Waals surface area contributed by atoms with Crippen molar-refractivity contribution in [3.05, 3.63) is 74.4 Å². The molecule has 2 aliphatic heterocycles. The van der Waals surface area contributed by atoms with Crippen molar-refractivity contribution in [2.24, 2.45) is 5.92 Å². The molecule has 2 aromatic carbocycles.